The lowest BCUT2D eigenvalue weighted by atomic mass is 10.1. The molecular formula is C17H16O3. The first-order chi connectivity index (χ1) is 9.78. The molecule has 2 aromatic rings. The van der Waals surface area contributed by atoms with Gasteiger partial charge in [0.25, 0.3) is 0 Å². The van der Waals surface area contributed by atoms with Gasteiger partial charge in [0.2, 0.25) is 0 Å². The Morgan fingerprint density at radius 1 is 0.850 bits per heavy atom. The van der Waals surface area contributed by atoms with Crippen LogP contribution in [0.15, 0.2) is 42.5 Å². The normalized spacial score (nSPS) is 10.5. The zero-order valence-electron chi connectivity index (χ0n) is 11.5. The van der Waals surface area contributed by atoms with E-state index in [1.165, 1.54) is 0 Å². The van der Waals surface area contributed by atoms with E-state index in [1.54, 1.807) is 26.4 Å². The highest BCUT2D eigenvalue weighted by molar-refractivity contribution is 5.83. The number of carbonyl (C=O) groups is 1. The Morgan fingerprint density at radius 3 is 2.05 bits per heavy atom. The average molecular weight is 268 g/mol. The first-order valence-electron chi connectivity index (χ1n) is 6.23. The summed E-state index contributed by atoms with van der Waals surface area (Å²) in [5.41, 5.74) is 2.42. The van der Waals surface area contributed by atoms with Gasteiger partial charge in [-0.15, -0.1) is 0 Å². The monoisotopic (exact) mass is 268 g/mol. The highest BCUT2D eigenvalue weighted by Gasteiger charge is 2.08. The molecule has 0 fully saturated rings. The van der Waals surface area contributed by atoms with Crippen molar-refractivity contribution in [3.63, 3.8) is 0 Å². The summed E-state index contributed by atoms with van der Waals surface area (Å²) in [6.07, 6.45) is 4.68. The molecule has 102 valence electrons. The number of ether oxygens (including phenoxy) is 2. The number of aldehydes is 1. The summed E-state index contributed by atoms with van der Waals surface area (Å²) in [5.74, 6) is 1.17. The molecule has 0 radical (unpaired) electrons. The Morgan fingerprint density at radius 2 is 1.45 bits per heavy atom. The number of rotatable bonds is 5. The van der Waals surface area contributed by atoms with Gasteiger partial charge in [0.05, 0.1) is 19.8 Å². The van der Waals surface area contributed by atoms with Gasteiger partial charge < -0.3 is 9.47 Å². The predicted molar refractivity (Wildman–Crippen MR) is 80.3 cm³/mol. The molecule has 3 heteroatoms. The van der Waals surface area contributed by atoms with Gasteiger partial charge >= 0.3 is 0 Å². The lowest BCUT2D eigenvalue weighted by Crippen LogP contribution is -1.95. The van der Waals surface area contributed by atoms with E-state index in [0.29, 0.717) is 17.1 Å². The van der Waals surface area contributed by atoms with Crippen molar-refractivity contribution in [3.8, 4) is 11.5 Å². The number of hydrogen-bond acceptors (Lipinski definition) is 3. The van der Waals surface area contributed by atoms with Crippen molar-refractivity contribution in [2.45, 2.75) is 0 Å². The standard InChI is InChI=1S/C17H16O3/c1-19-16-11-15(12-18)17(20-2)10-14(16)9-8-13-6-4-3-5-7-13/h3-12H,1-2H3. The highest BCUT2D eigenvalue weighted by Crippen LogP contribution is 2.29. The molecule has 0 bridgehead atoms. The Labute approximate surface area is 118 Å². The van der Waals surface area contributed by atoms with E-state index >= 15 is 0 Å². The average Bonchev–Trinajstić information content (AvgIpc) is 2.52. The first kappa shape index (κ1) is 13.9. The van der Waals surface area contributed by atoms with Crippen LogP contribution in [0.3, 0.4) is 0 Å². The fraction of sp³-hybridized carbons (Fsp3) is 0.118. The molecule has 0 saturated heterocycles. The van der Waals surface area contributed by atoms with Crippen molar-refractivity contribution in [2.75, 3.05) is 14.2 Å². The van der Waals surface area contributed by atoms with Crippen molar-refractivity contribution in [1.82, 2.24) is 0 Å². The molecule has 0 unspecified atom stereocenters. The molecule has 0 aliphatic rings. The molecule has 0 aliphatic carbocycles. The van der Waals surface area contributed by atoms with Gasteiger partial charge in [0.1, 0.15) is 11.5 Å². The quantitative estimate of drug-likeness (QED) is 0.613. The third kappa shape index (κ3) is 3.06. The maximum absolute atomic E-state index is 11.0. The van der Waals surface area contributed by atoms with E-state index in [0.717, 1.165) is 17.4 Å². The second-order valence-electron chi connectivity index (χ2n) is 4.20. The lowest BCUT2D eigenvalue weighted by molar-refractivity contribution is 0.112. The Bertz CT molecular complexity index is 616. The summed E-state index contributed by atoms with van der Waals surface area (Å²) in [5, 5.41) is 0. The molecule has 2 rings (SSSR count). The molecule has 0 heterocycles. The fourth-order valence-electron chi connectivity index (χ4n) is 1.92. The summed E-state index contributed by atoms with van der Waals surface area (Å²) < 4.78 is 10.5. The summed E-state index contributed by atoms with van der Waals surface area (Å²) >= 11 is 0. The molecule has 0 amide bonds. The van der Waals surface area contributed by atoms with E-state index in [4.69, 9.17) is 9.47 Å². The lowest BCUT2D eigenvalue weighted by Gasteiger charge is -2.10. The van der Waals surface area contributed by atoms with Gasteiger partial charge in [0, 0.05) is 5.56 Å². The molecule has 2 aromatic carbocycles. The van der Waals surface area contributed by atoms with Crippen molar-refractivity contribution in [2.24, 2.45) is 0 Å². The Balaban J connectivity index is 2.40. The van der Waals surface area contributed by atoms with Crippen molar-refractivity contribution in [1.29, 1.82) is 0 Å². The molecule has 0 N–H and O–H groups in total. The summed E-state index contributed by atoms with van der Waals surface area (Å²) in [6.45, 7) is 0. The van der Waals surface area contributed by atoms with Crippen LogP contribution in [0.25, 0.3) is 12.2 Å². The minimum absolute atomic E-state index is 0.473. The fourth-order valence-corrected chi connectivity index (χ4v) is 1.92. The van der Waals surface area contributed by atoms with Crippen LogP contribution < -0.4 is 9.47 Å². The second-order valence-corrected chi connectivity index (χ2v) is 4.20. The van der Waals surface area contributed by atoms with Gasteiger partial charge in [-0.25, -0.2) is 0 Å². The maximum Gasteiger partial charge on any atom is 0.153 e. The summed E-state index contributed by atoms with van der Waals surface area (Å²) in [4.78, 5) is 11.0. The first-order valence-corrected chi connectivity index (χ1v) is 6.23. The smallest absolute Gasteiger partial charge is 0.153 e. The van der Waals surface area contributed by atoms with Crippen LogP contribution in [0, 0.1) is 0 Å². The summed E-state index contributed by atoms with van der Waals surface area (Å²) in [7, 11) is 3.12. The van der Waals surface area contributed by atoms with E-state index < -0.39 is 0 Å². The van der Waals surface area contributed by atoms with Crippen LogP contribution in [0.1, 0.15) is 21.5 Å². The largest absolute Gasteiger partial charge is 0.496 e. The molecule has 0 spiro atoms. The number of hydrogen-bond donors (Lipinski definition) is 0. The second kappa shape index (κ2) is 6.57. The van der Waals surface area contributed by atoms with Gasteiger partial charge in [-0.2, -0.15) is 0 Å². The summed E-state index contributed by atoms with van der Waals surface area (Å²) in [6, 6.07) is 13.4. The van der Waals surface area contributed by atoms with Crippen LogP contribution in [-0.2, 0) is 0 Å². The van der Waals surface area contributed by atoms with Crippen molar-refractivity contribution >= 4 is 18.4 Å². The van der Waals surface area contributed by atoms with Crippen molar-refractivity contribution in [3.05, 3.63) is 59.2 Å². The number of benzene rings is 2. The van der Waals surface area contributed by atoms with Gasteiger partial charge in [-0.3, -0.25) is 4.79 Å². The van der Waals surface area contributed by atoms with E-state index in [-0.39, 0.29) is 0 Å². The molecule has 0 aromatic heterocycles. The van der Waals surface area contributed by atoms with Gasteiger partial charge in [-0.1, -0.05) is 42.5 Å². The third-order valence-electron chi connectivity index (χ3n) is 2.96. The Hall–Kier alpha value is -2.55. The van der Waals surface area contributed by atoms with Crippen LogP contribution >= 0.6 is 0 Å². The zero-order chi connectivity index (χ0) is 14.4. The van der Waals surface area contributed by atoms with Crippen LogP contribution in [0.5, 0.6) is 11.5 Å². The maximum atomic E-state index is 11.0. The van der Waals surface area contributed by atoms with Crippen LogP contribution in [-0.4, -0.2) is 20.5 Å². The number of carbonyl (C=O) groups excluding carboxylic acids is 1. The SMILES string of the molecule is COc1cc(C=Cc2ccccc2)c(OC)cc1C=O. The molecule has 0 aliphatic heterocycles. The molecule has 3 nitrogen and oxygen atoms in total. The molecule has 20 heavy (non-hydrogen) atoms. The Kier molecular flexibility index (Phi) is 4.56. The highest BCUT2D eigenvalue weighted by atomic mass is 16.5. The third-order valence-corrected chi connectivity index (χ3v) is 2.96. The van der Waals surface area contributed by atoms with Gasteiger partial charge in [-0.05, 0) is 17.7 Å². The molecule has 0 atom stereocenters. The van der Waals surface area contributed by atoms with Gasteiger partial charge in [0.15, 0.2) is 6.29 Å². The van der Waals surface area contributed by atoms with Crippen LogP contribution in [0.4, 0.5) is 0 Å². The van der Waals surface area contributed by atoms with Crippen LogP contribution in [0.2, 0.25) is 0 Å². The van der Waals surface area contributed by atoms with E-state index in [2.05, 4.69) is 0 Å². The van der Waals surface area contributed by atoms with E-state index in [9.17, 15) is 4.79 Å². The minimum atomic E-state index is 0.473. The zero-order valence-corrected chi connectivity index (χ0v) is 11.5. The number of methoxy groups -OCH3 is 2. The van der Waals surface area contributed by atoms with Crippen molar-refractivity contribution < 1.29 is 14.3 Å². The van der Waals surface area contributed by atoms with E-state index in [1.807, 2.05) is 42.5 Å². The minimum Gasteiger partial charge on any atom is -0.496 e. The topological polar surface area (TPSA) is 35.5 Å². The molecular weight excluding hydrogens is 252 g/mol. The predicted octanol–water partition coefficient (Wildman–Crippen LogP) is 3.69. The molecule has 0 saturated carbocycles.